The van der Waals surface area contributed by atoms with Gasteiger partial charge in [-0.2, -0.15) is 0 Å². The van der Waals surface area contributed by atoms with Crippen molar-refractivity contribution in [2.75, 3.05) is 13.7 Å². The topological polar surface area (TPSA) is 173 Å². The molecule has 6 atom stereocenters. The largest absolute Gasteiger partial charge is 0.497 e. The zero-order valence-electron chi connectivity index (χ0n) is 31.0. The molecule has 0 radical (unpaired) electrons. The molecule has 2 aromatic carbocycles. The minimum absolute atomic E-state index is 0.0135. The van der Waals surface area contributed by atoms with Gasteiger partial charge in [0.1, 0.15) is 35.2 Å². The van der Waals surface area contributed by atoms with E-state index in [0.29, 0.717) is 28.1 Å². The van der Waals surface area contributed by atoms with Gasteiger partial charge in [0, 0.05) is 35.4 Å². The average molecular weight is 726 g/mol. The summed E-state index contributed by atoms with van der Waals surface area (Å²) in [5.41, 5.74) is 6.40. The molecule has 282 valence electrons. The Balaban J connectivity index is 1.33. The van der Waals surface area contributed by atoms with E-state index in [1.807, 2.05) is 75.4 Å². The molecule has 0 spiro atoms. The molecule has 3 aromatic rings. The van der Waals surface area contributed by atoms with Crippen molar-refractivity contribution in [1.29, 1.82) is 0 Å². The molecule has 1 saturated heterocycles. The molecule has 2 saturated carbocycles. The molecule has 3 fully saturated rings. The lowest BCUT2D eigenvalue weighted by atomic mass is 9.82. The third-order valence-electron chi connectivity index (χ3n) is 11.1. The summed E-state index contributed by atoms with van der Waals surface area (Å²) in [6.45, 7) is 9.30. The number of aromatic nitrogens is 1. The number of benzene rings is 2. The number of nitrogens with two attached hydrogens (primary N) is 1. The predicted molar refractivity (Wildman–Crippen MR) is 201 cm³/mol. The number of fused-ring (bicyclic) bond motifs is 1. The summed E-state index contributed by atoms with van der Waals surface area (Å²) in [5.74, 6) is -1.93. The Hall–Kier alpha value is -4.97. The maximum Gasteiger partial charge on any atom is 0.330 e. The number of pyridine rings is 1. The highest BCUT2D eigenvalue weighted by Crippen LogP contribution is 2.45. The van der Waals surface area contributed by atoms with Crippen LogP contribution in [0.2, 0.25) is 0 Å². The number of aliphatic carboxylic acids is 1. The number of carboxylic acids is 1. The molecule has 53 heavy (non-hydrogen) atoms. The zero-order valence-corrected chi connectivity index (χ0v) is 31.0. The predicted octanol–water partition coefficient (Wildman–Crippen LogP) is 4.84. The number of rotatable bonds is 12. The first-order valence-electron chi connectivity index (χ1n) is 18.5. The van der Waals surface area contributed by atoms with Crippen LogP contribution >= 0.6 is 0 Å². The van der Waals surface area contributed by atoms with Gasteiger partial charge in [0.05, 0.1) is 30.9 Å². The SMILES string of the molecule is C=C[C@@H]1C[C@]1(NC(=O)[C@@H]1C[C@@H](Oc2cc(-c3ccccc3)nc3cc(OC)ccc23)CN1C(=O)[C@@H](NC(=O)[C@@H](N)C1CCCCC1)C(C)(C)C)C(=O)O. The Kier molecular flexibility index (Phi) is 10.8. The van der Waals surface area contributed by atoms with Crippen LogP contribution in [0.4, 0.5) is 0 Å². The van der Waals surface area contributed by atoms with Crippen LogP contribution in [0.3, 0.4) is 0 Å². The fourth-order valence-corrected chi connectivity index (χ4v) is 7.79. The van der Waals surface area contributed by atoms with E-state index in [2.05, 4.69) is 17.2 Å². The molecule has 3 amide bonds. The van der Waals surface area contributed by atoms with Crippen molar-refractivity contribution in [3.63, 3.8) is 0 Å². The van der Waals surface area contributed by atoms with E-state index < -0.39 is 64.8 Å². The van der Waals surface area contributed by atoms with Gasteiger partial charge in [0.15, 0.2) is 0 Å². The number of carbonyl (C=O) groups excluding carboxylic acids is 3. The second-order valence-corrected chi connectivity index (χ2v) is 15.8. The fourth-order valence-electron chi connectivity index (χ4n) is 7.79. The second-order valence-electron chi connectivity index (χ2n) is 15.8. The summed E-state index contributed by atoms with van der Waals surface area (Å²) in [5, 5.41) is 16.5. The lowest BCUT2D eigenvalue weighted by Crippen LogP contribution is -2.61. The van der Waals surface area contributed by atoms with Gasteiger partial charge < -0.3 is 35.8 Å². The van der Waals surface area contributed by atoms with Crippen LogP contribution < -0.4 is 25.8 Å². The number of carboxylic acid groups (broad SMARTS) is 1. The smallest absolute Gasteiger partial charge is 0.330 e. The highest BCUT2D eigenvalue weighted by Gasteiger charge is 2.61. The highest BCUT2D eigenvalue weighted by molar-refractivity contribution is 5.97. The first kappa shape index (κ1) is 37.8. The lowest BCUT2D eigenvalue weighted by Gasteiger charge is -2.37. The molecule has 5 N–H and O–H groups in total. The van der Waals surface area contributed by atoms with E-state index >= 15 is 0 Å². The number of nitrogens with one attached hydrogen (secondary N) is 2. The molecule has 2 heterocycles. The molecule has 1 aromatic heterocycles. The van der Waals surface area contributed by atoms with Crippen molar-refractivity contribution in [2.24, 2.45) is 23.0 Å². The van der Waals surface area contributed by atoms with E-state index in [9.17, 15) is 24.3 Å². The van der Waals surface area contributed by atoms with E-state index in [1.165, 1.54) is 11.0 Å². The van der Waals surface area contributed by atoms with Crippen molar-refractivity contribution >= 4 is 34.6 Å². The molecule has 12 heteroatoms. The van der Waals surface area contributed by atoms with Gasteiger partial charge in [-0.15, -0.1) is 6.58 Å². The van der Waals surface area contributed by atoms with Crippen LogP contribution in [0.5, 0.6) is 11.5 Å². The Morgan fingerprint density at radius 1 is 1.08 bits per heavy atom. The molecule has 2 aliphatic carbocycles. The number of hydrogen-bond acceptors (Lipinski definition) is 8. The Bertz CT molecular complexity index is 1870. The van der Waals surface area contributed by atoms with Gasteiger partial charge in [-0.05, 0) is 42.7 Å². The summed E-state index contributed by atoms with van der Waals surface area (Å²) < 4.78 is 12.2. The molecule has 6 rings (SSSR count). The average Bonchev–Trinajstić information content (AvgIpc) is 3.72. The number of nitrogens with zero attached hydrogens (tertiary/aromatic N) is 2. The van der Waals surface area contributed by atoms with Crippen LogP contribution in [0.1, 0.15) is 65.7 Å². The molecule has 0 bridgehead atoms. The van der Waals surface area contributed by atoms with Crippen molar-refractivity contribution in [1.82, 2.24) is 20.5 Å². The molecular weight excluding hydrogens is 674 g/mol. The molecule has 0 unspecified atom stereocenters. The quantitative estimate of drug-likeness (QED) is 0.191. The number of amides is 3. The summed E-state index contributed by atoms with van der Waals surface area (Å²) in [6.07, 6.45) is 5.99. The van der Waals surface area contributed by atoms with Gasteiger partial charge in [0.2, 0.25) is 17.7 Å². The lowest BCUT2D eigenvalue weighted by molar-refractivity contribution is -0.147. The number of hydrogen-bond donors (Lipinski definition) is 4. The summed E-state index contributed by atoms with van der Waals surface area (Å²) in [7, 11) is 1.58. The van der Waals surface area contributed by atoms with E-state index in [-0.39, 0.29) is 25.3 Å². The van der Waals surface area contributed by atoms with E-state index in [4.69, 9.17) is 20.2 Å². The van der Waals surface area contributed by atoms with Gasteiger partial charge in [-0.1, -0.05) is 76.4 Å². The van der Waals surface area contributed by atoms with Crippen molar-refractivity contribution < 1.29 is 33.8 Å². The summed E-state index contributed by atoms with van der Waals surface area (Å²) >= 11 is 0. The number of ether oxygens (including phenoxy) is 2. The van der Waals surface area contributed by atoms with Crippen LogP contribution in [0.15, 0.2) is 67.3 Å². The van der Waals surface area contributed by atoms with E-state index in [1.54, 1.807) is 7.11 Å². The van der Waals surface area contributed by atoms with Gasteiger partial charge >= 0.3 is 5.97 Å². The third-order valence-corrected chi connectivity index (χ3v) is 11.1. The van der Waals surface area contributed by atoms with Crippen molar-refractivity contribution in [3.8, 4) is 22.8 Å². The minimum atomic E-state index is -1.50. The normalized spacial score (nSPS) is 24.2. The zero-order chi connectivity index (χ0) is 38.1. The number of methoxy groups -OCH3 is 1. The second kappa shape index (κ2) is 15.2. The van der Waals surface area contributed by atoms with Crippen LogP contribution in [-0.4, -0.2) is 82.1 Å². The van der Waals surface area contributed by atoms with Gasteiger partial charge in [-0.3, -0.25) is 14.4 Å². The first-order chi connectivity index (χ1) is 25.2. The Morgan fingerprint density at radius 3 is 2.42 bits per heavy atom. The van der Waals surface area contributed by atoms with Crippen LogP contribution in [0, 0.1) is 17.3 Å². The molecule has 1 aliphatic heterocycles. The Morgan fingerprint density at radius 2 is 1.79 bits per heavy atom. The summed E-state index contributed by atoms with van der Waals surface area (Å²) in [4.78, 5) is 61.1. The van der Waals surface area contributed by atoms with Crippen LogP contribution in [-0.2, 0) is 19.2 Å². The minimum Gasteiger partial charge on any atom is -0.497 e. The van der Waals surface area contributed by atoms with Crippen molar-refractivity contribution in [3.05, 3.63) is 67.3 Å². The van der Waals surface area contributed by atoms with Gasteiger partial charge in [-0.25, -0.2) is 9.78 Å². The number of likely N-dealkylation sites (tertiary alicyclic amines) is 1. The molecule has 3 aliphatic rings. The maximum atomic E-state index is 14.7. The van der Waals surface area contributed by atoms with Crippen molar-refractivity contribution in [2.45, 2.75) is 95.5 Å². The standard InChI is InChI=1S/C41H51N5O7/c1-6-26-22-41(26,39(50)51)45-36(47)32-20-28(23-46(32)38(49)35(40(2,3)4)44-37(48)34(42)25-15-11-8-12-16-25)53-33-21-30(24-13-9-7-10-14-24)43-31-19-27(52-5)17-18-29(31)33/h6-7,9-10,13-14,17-19,21,25-26,28,32,34-35H,1,8,11-12,15-16,20,22-23,42H2,2-5H3,(H,44,48)(H,45,47)(H,50,51)/t26-,28-,32+,34+,35-,41-/m1/s1. The first-order valence-corrected chi connectivity index (χ1v) is 18.5. The Labute approximate surface area is 310 Å². The van der Waals surface area contributed by atoms with Gasteiger partial charge in [0.25, 0.3) is 0 Å². The monoisotopic (exact) mass is 725 g/mol. The number of carbonyl (C=O) groups is 4. The van der Waals surface area contributed by atoms with Crippen LogP contribution in [0.25, 0.3) is 22.2 Å². The maximum absolute atomic E-state index is 14.7. The molecular formula is C41H51N5O7. The fraction of sp³-hybridized carbons (Fsp3) is 0.488. The van der Waals surface area contributed by atoms with E-state index in [0.717, 1.165) is 37.7 Å². The summed E-state index contributed by atoms with van der Waals surface area (Å²) in [6, 6.07) is 14.1. The molecule has 12 nitrogen and oxygen atoms in total. The third kappa shape index (κ3) is 7.88. The highest BCUT2D eigenvalue weighted by atomic mass is 16.5.